The van der Waals surface area contributed by atoms with Crippen LogP contribution in [0.5, 0.6) is 0 Å². The van der Waals surface area contributed by atoms with Crippen LogP contribution >= 0.6 is 23.1 Å². The maximum Gasteiger partial charge on any atom is 0.256 e. The Labute approximate surface area is 150 Å². The first-order valence-electron chi connectivity index (χ1n) is 7.77. The average molecular weight is 354 g/mol. The number of rotatable bonds is 6. The molecule has 0 aliphatic heterocycles. The van der Waals surface area contributed by atoms with Crippen molar-refractivity contribution in [2.75, 3.05) is 6.54 Å². The molecule has 24 heavy (non-hydrogen) atoms. The molecule has 0 fully saturated rings. The summed E-state index contributed by atoms with van der Waals surface area (Å²) in [6, 6.07) is 17.8. The van der Waals surface area contributed by atoms with Crippen LogP contribution in [0.1, 0.15) is 22.2 Å². The highest BCUT2D eigenvalue weighted by Crippen LogP contribution is 2.29. The van der Waals surface area contributed by atoms with Gasteiger partial charge in [-0.05, 0) is 42.6 Å². The number of hydrogen-bond donors (Lipinski definition) is 0. The number of thiophene rings is 1. The van der Waals surface area contributed by atoms with Crippen molar-refractivity contribution in [3.05, 3.63) is 76.6 Å². The summed E-state index contributed by atoms with van der Waals surface area (Å²) in [5, 5.41) is 2.78. The number of amides is 1. The summed E-state index contributed by atoms with van der Waals surface area (Å²) in [5.74, 6) is 0.0254. The van der Waals surface area contributed by atoms with E-state index in [1.807, 2.05) is 65.7 Å². The molecular formula is C19H18N2OS2. The van der Waals surface area contributed by atoms with Gasteiger partial charge in [-0.25, -0.2) is 4.98 Å². The topological polar surface area (TPSA) is 33.2 Å². The molecule has 0 bridgehead atoms. The van der Waals surface area contributed by atoms with Crippen LogP contribution in [-0.2, 0) is 6.54 Å². The number of hydrogen-bond acceptors (Lipinski definition) is 4. The van der Waals surface area contributed by atoms with E-state index in [1.165, 1.54) is 16.6 Å². The van der Waals surface area contributed by atoms with Gasteiger partial charge in [0, 0.05) is 22.5 Å². The molecule has 0 atom stereocenters. The number of benzene rings is 1. The minimum Gasteiger partial charge on any atom is -0.334 e. The van der Waals surface area contributed by atoms with Crippen molar-refractivity contribution in [3.8, 4) is 0 Å². The van der Waals surface area contributed by atoms with E-state index in [4.69, 9.17) is 0 Å². The van der Waals surface area contributed by atoms with E-state index < -0.39 is 0 Å². The Kier molecular flexibility index (Phi) is 5.67. The van der Waals surface area contributed by atoms with Gasteiger partial charge in [0.15, 0.2) is 0 Å². The van der Waals surface area contributed by atoms with Crippen molar-refractivity contribution in [3.63, 3.8) is 0 Å². The van der Waals surface area contributed by atoms with E-state index in [0.717, 1.165) is 9.92 Å². The van der Waals surface area contributed by atoms with Crippen LogP contribution in [0.3, 0.4) is 0 Å². The van der Waals surface area contributed by atoms with Gasteiger partial charge in [-0.2, -0.15) is 0 Å². The molecule has 0 spiro atoms. The second-order valence-corrected chi connectivity index (χ2v) is 7.26. The van der Waals surface area contributed by atoms with Crippen LogP contribution in [0.15, 0.2) is 76.1 Å². The fraction of sp³-hybridized carbons (Fsp3) is 0.158. The van der Waals surface area contributed by atoms with E-state index in [2.05, 4.69) is 11.1 Å². The zero-order valence-electron chi connectivity index (χ0n) is 13.4. The first kappa shape index (κ1) is 16.7. The van der Waals surface area contributed by atoms with E-state index in [0.29, 0.717) is 18.7 Å². The Balaban J connectivity index is 1.83. The molecule has 5 heteroatoms. The fourth-order valence-corrected chi connectivity index (χ4v) is 3.94. The Morgan fingerprint density at radius 2 is 1.96 bits per heavy atom. The highest BCUT2D eigenvalue weighted by molar-refractivity contribution is 7.99. The van der Waals surface area contributed by atoms with Crippen LogP contribution in [-0.4, -0.2) is 22.3 Å². The third-order valence-corrected chi connectivity index (χ3v) is 5.44. The molecule has 2 aromatic heterocycles. The van der Waals surface area contributed by atoms with Crippen molar-refractivity contribution < 1.29 is 4.79 Å². The van der Waals surface area contributed by atoms with Crippen LogP contribution < -0.4 is 0 Å². The van der Waals surface area contributed by atoms with Crippen molar-refractivity contribution in [2.45, 2.75) is 23.4 Å². The molecule has 1 aromatic carbocycles. The first-order valence-corrected chi connectivity index (χ1v) is 9.47. The Bertz CT molecular complexity index is 788. The Morgan fingerprint density at radius 1 is 1.12 bits per heavy atom. The molecule has 0 saturated heterocycles. The molecule has 1 amide bonds. The highest BCUT2D eigenvalue weighted by Gasteiger charge is 2.19. The van der Waals surface area contributed by atoms with Gasteiger partial charge in [-0.15, -0.1) is 11.3 Å². The number of aromatic nitrogens is 1. The average Bonchev–Trinajstić information content (AvgIpc) is 3.14. The minimum absolute atomic E-state index is 0.0254. The maximum atomic E-state index is 13.0. The highest BCUT2D eigenvalue weighted by atomic mass is 32.2. The predicted octanol–water partition coefficient (Wildman–Crippen LogP) is 4.96. The zero-order chi connectivity index (χ0) is 16.8. The predicted molar refractivity (Wildman–Crippen MR) is 99.5 cm³/mol. The third kappa shape index (κ3) is 4.04. The van der Waals surface area contributed by atoms with Gasteiger partial charge in [-0.3, -0.25) is 4.79 Å². The molecule has 0 aliphatic rings. The van der Waals surface area contributed by atoms with Crippen LogP contribution in [0.2, 0.25) is 0 Å². The summed E-state index contributed by atoms with van der Waals surface area (Å²) < 4.78 is 0. The molecular weight excluding hydrogens is 336 g/mol. The van der Waals surface area contributed by atoms with Gasteiger partial charge in [0.1, 0.15) is 5.03 Å². The van der Waals surface area contributed by atoms with Gasteiger partial charge < -0.3 is 4.90 Å². The molecule has 0 unspecified atom stereocenters. The Hall–Kier alpha value is -2.11. The third-order valence-electron chi connectivity index (χ3n) is 3.56. The molecule has 3 nitrogen and oxygen atoms in total. The maximum absolute atomic E-state index is 13.0. The largest absolute Gasteiger partial charge is 0.334 e. The number of carbonyl (C=O) groups excluding carboxylic acids is 1. The van der Waals surface area contributed by atoms with Crippen molar-refractivity contribution >= 4 is 29.0 Å². The van der Waals surface area contributed by atoms with E-state index in [1.54, 1.807) is 17.5 Å². The van der Waals surface area contributed by atoms with Gasteiger partial charge in [-0.1, -0.05) is 36.0 Å². The van der Waals surface area contributed by atoms with E-state index in [-0.39, 0.29) is 5.91 Å². The fourth-order valence-electron chi connectivity index (χ4n) is 2.32. The number of pyridine rings is 1. The van der Waals surface area contributed by atoms with E-state index >= 15 is 0 Å². The smallest absolute Gasteiger partial charge is 0.256 e. The molecule has 0 saturated carbocycles. The van der Waals surface area contributed by atoms with Crippen LogP contribution in [0, 0.1) is 0 Å². The zero-order valence-corrected chi connectivity index (χ0v) is 15.0. The van der Waals surface area contributed by atoms with Crippen molar-refractivity contribution in [1.82, 2.24) is 9.88 Å². The molecule has 122 valence electrons. The van der Waals surface area contributed by atoms with Crippen molar-refractivity contribution in [2.24, 2.45) is 0 Å². The van der Waals surface area contributed by atoms with Crippen LogP contribution in [0.25, 0.3) is 0 Å². The molecule has 3 rings (SSSR count). The lowest BCUT2D eigenvalue weighted by Gasteiger charge is -2.21. The van der Waals surface area contributed by atoms with Gasteiger partial charge in [0.25, 0.3) is 5.91 Å². The molecule has 2 heterocycles. The summed E-state index contributed by atoms with van der Waals surface area (Å²) in [6.45, 7) is 3.31. The second-order valence-electron chi connectivity index (χ2n) is 5.17. The normalized spacial score (nSPS) is 10.5. The molecule has 0 N–H and O–H groups in total. The lowest BCUT2D eigenvalue weighted by atomic mass is 10.2. The van der Waals surface area contributed by atoms with Gasteiger partial charge in [0.05, 0.1) is 12.1 Å². The first-order chi connectivity index (χ1) is 11.8. The van der Waals surface area contributed by atoms with Gasteiger partial charge in [0.2, 0.25) is 0 Å². The summed E-state index contributed by atoms with van der Waals surface area (Å²) in [4.78, 5) is 21.5. The standard InChI is InChI=1S/C19H18N2OS2/c1-2-21(14-16-10-7-13-23-16)19(22)17-11-6-12-20-18(17)24-15-8-4-3-5-9-15/h3-13H,2,14H2,1H3. The SMILES string of the molecule is CCN(Cc1cccs1)C(=O)c1cccnc1Sc1ccccc1. The second kappa shape index (κ2) is 8.13. The van der Waals surface area contributed by atoms with Crippen LogP contribution in [0.4, 0.5) is 0 Å². The number of carbonyl (C=O) groups is 1. The minimum atomic E-state index is 0.0254. The van der Waals surface area contributed by atoms with E-state index in [9.17, 15) is 4.79 Å². The number of nitrogens with zero attached hydrogens (tertiary/aromatic N) is 2. The molecule has 3 aromatic rings. The quantitative estimate of drug-likeness (QED) is 0.627. The monoisotopic (exact) mass is 354 g/mol. The summed E-state index contributed by atoms with van der Waals surface area (Å²) >= 11 is 3.19. The summed E-state index contributed by atoms with van der Waals surface area (Å²) in [6.07, 6.45) is 1.73. The lowest BCUT2D eigenvalue weighted by Crippen LogP contribution is -2.30. The van der Waals surface area contributed by atoms with Crippen molar-refractivity contribution in [1.29, 1.82) is 0 Å². The molecule has 0 radical (unpaired) electrons. The van der Waals surface area contributed by atoms with Gasteiger partial charge >= 0.3 is 0 Å². The summed E-state index contributed by atoms with van der Waals surface area (Å²) in [5.41, 5.74) is 0.657. The Morgan fingerprint density at radius 3 is 2.67 bits per heavy atom. The molecule has 0 aliphatic carbocycles. The lowest BCUT2D eigenvalue weighted by molar-refractivity contribution is 0.0750. The summed E-state index contributed by atoms with van der Waals surface area (Å²) in [7, 11) is 0.